The molecule has 0 aliphatic carbocycles. The van der Waals surface area contributed by atoms with E-state index >= 15 is 0 Å². The highest BCUT2D eigenvalue weighted by Gasteiger charge is 2.23. The number of carbonyl (C=O) groups is 1. The number of hydrogen-bond donors (Lipinski definition) is 1. The second-order valence-electron chi connectivity index (χ2n) is 3.27. The number of hydrogen-bond acceptors (Lipinski definition) is 5. The van der Waals surface area contributed by atoms with Gasteiger partial charge in [0.05, 0.1) is 18.8 Å². The van der Waals surface area contributed by atoms with Gasteiger partial charge in [0.15, 0.2) is 0 Å². The van der Waals surface area contributed by atoms with E-state index in [1.54, 1.807) is 16.4 Å². The molecule has 0 radical (unpaired) electrons. The minimum atomic E-state index is -0.357. The molecule has 0 aromatic carbocycles. The lowest BCUT2D eigenvalue weighted by molar-refractivity contribution is 0.128. The van der Waals surface area contributed by atoms with E-state index in [0.29, 0.717) is 13.1 Å². The molecule has 1 amide bonds. The predicted molar refractivity (Wildman–Crippen MR) is 55.5 cm³/mol. The number of thioether (sulfide) groups is 1. The summed E-state index contributed by atoms with van der Waals surface area (Å²) in [6.07, 6.45) is 3.40. The number of ether oxygens (including phenoxy) is 1. The predicted octanol–water partition coefficient (Wildman–Crippen LogP) is 0.249. The molecule has 1 unspecified atom stereocenters. The molecule has 6 nitrogen and oxygen atoms in total. The molecule has 1 saturated heterocycles. The molecule has 0 spiro atoms. The fourth-order valence-corrected chi connectivity index (χ4v) is 1.81. The van der Waals surface area contributed by atoms with Gasteiger partial charge in [0.25, 0.3) is 0 Å². The molecule has 1 atom stereocenters. The van der Waals surface area contributed by atoms with Gasteiger partial charge in [-0.15, -0.1) is 5.10 Å². The largest absolute Gasteiger partial charge is 0.442 e. The maximum absolute atomic E-state index is 10.8. The quantitative estimate of drug-likeness (QED) is 0.800. The van der Waals surface area contributed by atoms with E-state index in [4.69, 9.17) is 4.74 Å². The van der Waals surface area contributed by atoms with Gasteiger partial charge < -0.3 is 10.1 Å². The monoisotopic (exact) mass is 228 g/mol. The van der Waals surface area contributed by atoms with Crippen molar-refractivity contribution in [2.45, 2.75) is 18.4 Å². The zero-order valence-corrected chi connectivity index (χ0v) is 9.16. The first-order valence-electron chi connectivity index (χ1n) is 4.60. The van der Waals surface area contributed by atoms with E-state index in [0.717, 1.165) is 11.4 Å². The van der Waals surface area contributed by atoms with Crippen molar-refractivity contribution in [1.29, 1.82) is 0 Å². The normalized spacial score (nSPS) is 20.1. The Hall–Kier alpha value is -1.24. The Morgan fingerprint density at radius 3 is 3.33 bits per heavy atom. The lowest BCUT2D eigenvalue weighted by Gasteiger charge is -2.05. The van der Waals surface area contributed by atoms with Gasteiger partial charge in [0.1, 0.15) is 6.10 Å². The summed E-state index contributed by atoms with van der Waals surface area (Å²) in [7, 11) is 0. The van der Waals surface area contributed by atoms with E-state index in [1.807, 2.05) is 12.5 Å². The number of aromatic nitrogens is 3. The fourth-order valence-electron chi connectivity index (χ4n) is 1.38. The van der Waals surface area contributed by atoms with Crippen LogP contribution < -0.4 is 5.32 Å². The van der Waals surface area contributed by atoms with Gasteiger partial charge >= 0.3 is 6.09 Å². The first-order valence-corrected chi connectivity index (χ1v) is 6.00. The van der Waals surface area contributed by atoms with Gasteiger partial charge in [-0.2, -0.15) is 11.8 Å². The first kappa shape index (κ1) is 10.3. The summed E-state index contributed by atoms with van der Waals surface area (Å²) in [6, 6.07) is 0. The van der Waals surface area contributed by atoms with E-state index in [2.05, 4.69) is 15.6 Å². The van der Waals surface area contributed by atoms with Crippen molar-refractivity contribution in [3.63, 3.8) is 0 Å². The third-order valence-corrected chi connectivity index (χ3v) is 2.60. The third-order valence-electron chi connectivity index (χ3n) is 2.02. The van der Waals surface area contributed by atoms with Crippen molar-refractivity contribution in [2.24, 2.45) is 0 Å². The summed E-state index contributed by atoms with van der Waals surface area (Å²) in [5.41, 5.74) is 0.944. The maximum Gasteiger partial charge on any atom is 0.407 e. The fraction of sp³-hybridized carbons (Fsp3) is 0.625. The van der Waals surface area contributed by atoms with Crippen molar-refractivity contribution >= 4 is 17.9 Å². The van der Waals surface area contributed by atoms with Crippen LogP contribution in [0.1, 0.15) is 5.69 Å². The van der Waals surface area contributed by atoms with Gasteiger partial charge in [0, 0.05) is 11.9 Å². The summed E-state index contributed by atoms with van der Waals surface area (Å²) in [5, 5.41) is 10.6. The summed E-state index contributed by atoms with van der Waals surface area (Å²) < 4.78 is 6.70. The molecule has 1 aliphatic heterocycles. The Kier molecular flexibility index (Phi) is 3.10. The van der Waals surface area contributed by atoms with Crippen LogP contribution in [0.5, 0.6) is 0 Å². The Morgan fingerprint density at radius 1 is 1.80 bits per heavy atom. The highest BCUT2D eigenvalue weighted by molar-refractivity contribution is 7.97. The van der Waals surface area contributed by atoms with E-state index in [1.165, 1.54) is 0 Å². The molecule has 1 aliphatic rings. The molecule has 2 rings (SSSR count). The zero-order valence-electron chi connectivity index (χ0n) is 8.34. The Balaban J connectivity index is 1.90. The molecular weight excluding hydrogens is 216 g/mol. The number of alkyl carbamates (subject to hydrolysis) is 1. The zero-order chi connectivity index (χ0) is 10.7. The third kappa shape index (κ3) is 2.62. The molecule has 82 valence electrons. The Bertz CT molecular complexity index is 354. The van der Waals surface area contributed by atoms with Crippen LogP contribution in [0.15, 0.2) is 6.20 Å². The van der Waals surface area contributed by atoms with Crippen LogP contribution in [-0.4, -0.2) is 40.0 Å². The molecule has 1 fully saturated rings. The van der Waals surface area contributed by atoms with Crippen molar-refractivity contribution in [1.82, 2.24) is 20.3 Å². The van der Waals surface area contributed by atoms with E-state index in [-0.39, 0.29) is 12.2 Å². The van der Waals surface area contributed by atoms with Crippen molar-refractivity contribution in [2.75, 3.05) is 12.8 Å². The van der Waals surface area contributed by atoms with Gasteiger partial charge in [-0.3, -0.25) is 0 Å². The highest BCUT2D eigenvalue weighted by atomic mass is 32.2. The number of rotatable bonds is 4. The average Bonchev–Trinajstić information content (AvgIpc) is 2.78. The second kappa shape index (κ2) is 4.52. The van der Waals surface area contributed by atoms with Crippen LogP contribution in [0.3, 0.4) is 0 Å². The van der Waals surface area contributed by atoms with Gasteiger partial charge in [-0.1, -0.05) is 5.21 Å². The van der Waals surface area contributed by atoms with Crippen LogP contribution in [0, 0.1) is 0 Å². The van der Waals surface area contributed by atoms with Crippen molar-refractivity contribution < 1.29 is 9.53 Å². The number of carbonyl (C=O) groups excluding carboxylic acids is 1. The summed E-state index contributed by atoms with van der Waals surface area (Å²) in [5.74, 6) is 0.850. The molecule has 0 saturated carbocycles. The molecule has 7 heteroatoms. The lowest BCUT2D eigenvalue weighted by atomic mass is 10.3. The number of nitrogens with zero attached hydrogens (tertiary/aromatic N) is 3. The molecular formula is C8H12N4O2S. The van der Waals surface area contributed by atoms with Crippen LogP contribution in [0.2, 0.25) is 0 Å². The van der Waals surface area contributed by atoms with Crippen LogP contribution in [0.4, 0.5) is 4.79 Å². The SMILES string of the molecule is CSCc1cn(CC2CNC(=O)O2)nn1. The van der Waals surface area contributed by atoms with Gasteiger partial charge in [-0.05, 0) is 6.26 Å². The number of amides is 1. The lowest BCUT2D eigenvalue weighted by Crippen LogP contribution is -2.20. The summed E-state index contributed by atoms with van der Waals surface area (Å²) in [6.45, 7) is 1.09. The minimum absolute atomic E-state index is 0.138. The second-order valence-corrected chi connectivity index (χ2v) is 4.14. The highest BCUT2D eigenvalue weighted by Crippen LogP contribution is 2.07. The average molecular weight is 228 g/mol. The molecule has 15 heavy (non-hydrogen) atoms. The van der Waals surface area contributed by atoms with Gasteiger partial charge in [0.2, 0.25) is 0 Å². The summed E-state index contributed by atoms with van der Waals surface area (Å²) in [4.78, 5) is 10.8. The van der Waals surface area contributed by atoms with Gasteiger partial charge in [-0.25, -0.2) is 9.48 Å². The van der Waals surface area contributed by atoms with E-state index in [9.17, 15) is 4.79 Å². The molecule has 1 N–H and O–H groups in total. The van der Waals surface area contributed by atoms with E-state index < -0.39 is 0 Å². The summed E-state index contributed by atoms with van der Waals surface area (Å²) >= 11 is 1.70. The smallest absolute Gasteiger partial charge is 0.407 e. The van der Waals surface area contributed by atoms with Crippen molar-refractivity contribution in [3.8, 4) is 0 Å². The van der Waals surface area contributed by atoms with Crippen LogP contribution in [-0.2, 0) is 17.0 Å². The standard InChI is InChI=1S/C8H12N4O2S/c1-15-5-6-3-12(11-10-6)4-7-2-9-8(13)14-7/h3,7H,2,4-5H2,1H3,(H,9,13). The van der Waals surface area contributed by atoms with Crippen LogP contribution in [0.25, 0.3) is 0 Å². The maximum atomic E-state index is 10.8. The Labute approximate surface area is 91.4 Å². The minimum Gasteiger partial charge on any atom is -0.442 e. The topological polar surface area (TPSA) is 69.0 Å². The van der Waals surface area contributed by atoms with Crippen LogP contribution >= 0.6 is 11.8 Å². The molecule has 1 aromatic rings. The number of nitrogens with one attached hydrogen (secondary N) is 1. The number of cyclic esters (lactones) is 1. The Morgan fingerprint density at radius 2 is 2.67 bits per heavy atom. The first-order chi connectivity index (χ1) is 7.28. The molecule has 2 heterocycles. The molecule has 1 aromatic heterocycles. The molecule has 0 bridgehead atoms. The van der Waals surface area contributed by atoms with Crippen molar-refractivity contribution in [3.05, 3.63) is 11.9 Å².